The average Bonchev–Trinajstić information content (AvgIpc) is 2.53. The van der Waals surface area contributed by atoms with Crippen LogP contribution in [0.1, 0.15) is 50.6 Å². The fourth-order valence-electron chi connectivity index (χ4n) is 3.28. The maximum absolute atomic E-state index is 5.37. The molecule has 20 heavy (non-hydrogen) atoms. The van der Waals surface area contributed by atoms with Gasteiger partial charge in [0.25, 0.3) is 0 Å². The molecule has 0 heterocycles. The first kappa shape index (κ1) is 15.5. The number of benzene rings is 1. The monoisotopic (exact) mass is 275 g/mol. The summed E-state index contributed by atoms with van der Waals surface area (Å²) in [5, 5.41) is 3.71. The second-order valence-corrected chi connectivity index (χ2v) is 6.12. The predicted molar refractivity (Wildman–Crippen MR) is 84.8 cm³/mol. The molecule has 1 saturated carbocycles. The van der Waals surface area contributed by atoms with Crippen molar-refractivity contribution in [2.24, 2.45) is 11.8 Å². The standard InChI is InChI=1S/C18H29NO/c1-3-15-9-11-16(12-10-15)13-19-18(14-20-2)17-7-5-4-6-8-17/h4-8,15-16,18-19H,3,9-14H2,1-2H3. The van der Waals surface area contributed by atoms with Crippen molar-refractivity contribution in [3.8, 4) is 0 Å². The van der Waals surface area contributed by atoms with Crippen molar-refractivity contribution in [2.75, 3.05) is 20.3 Å². The van der Waals surface area contributed by atoms with Gasteiger partial charge >= 0.3 is 0 Å². The fourth-order valence-corrected chi connectivity index (χ4v) is 3.28. The van der Waals surface area contributed by atoms with Crippen molar-refractivity contribution in [3.63, 3.8) is 0 Å². The van der Waals surface area contributed by atoms with Crippen LogP contribution < -0.4 is 5.32 Å². The molecule has 1 fully saturated rings. The molecule has 1 aromatic rings. The molecule has 1 aliphatic rings. The molecular weight excluding hydrogens is 246 g/mol. The van der Waals surface area contributed by atoms with E-state index in [1.165, 1.54) is 37.7 Å². The van der Waals surface area contributed by atoms with E-state index >= 15 is 0 Å². The molecule has 0 saturated heterocycles. The van der Waals surface area contributed by atoms with Gasteiger partial charge in [-0.15, -0.1) is 0 Å². The molecule has 0 aliphatic heterocycles. The van der Waals surface area contributed by atoms with Crippen molar-refractivity contribution in [2.45, 2.75) is 45.1 Å². The Balaban J connectivity index is 1.81. The lowest BCUT2D eigenvalue weighted by Crippen LogP contribution is -2.31. The van der Waals surface area contributed by atoms with Crippen LogP contribution in [-0.2, 0) is 4.74 Å². The fraction of sp³-hybridized carbons (Fsp3) is 0.667. The van der Waals surface area contributed by atoms with Gasteiger partial charge < -0.3 is 10.1 Å². The zero-order valence-electron chi connectivity index (χ0n) is 13.0. The molecule has 0 aromatic heterocycles. The number of ether oxygens (including phenoxy) is 1. The molecule has 0 spiro atoms. The van der Waals surface area contributed by atoms with Gasteiger partial charge in [0.05, 0.1) is 12.6 Å². The van der Waals surface area contributed by atoms with Crippen LogP contribution in [0.25, 0.3) is 0 Å². The highest BCUT2D eigenvalue weighted by Crippen LogP contribution is 2.30. The molecule has 2 rings (SSSR count). The highest BCUT2D eigenvalue weighted by Gasteiger charge is 2.21. The van der Waals surface area contributed by atoms with Gasteiger partial charge in [-0.3, -0.25) is 0 Å². The Morgan fingerprint density at radius 2 is 1.75 bits per heavy atom. The van der Waals surface area contributed by atoms with E-state index in [1.807, 2.05) is 0 Å². The molecule has 1 unspecified atom stereocenters. The first-order valence-electron chi connectivity index (χ1n) is 8.10. The summed E-state index contributed by atoms with van der Waals surface area (Å²) >= 11 is 0. The molecule has 112 valence electrons. The summed E-state index contributed by atoms with van der Waals surface area (Å²) in [5.74, 6) is 1.83. The zero-order chi connectivity index (χ0) is 14.2. The SMILES string of the molecule is CCC1CCC(CNC(COC)c2ccccc2)CC1. The van der Waals surface area contributed by atoms with Crippen LogP contribution in [0.5, 0.6) is 0 Å². The van der Waals surface area contributed by atoms with E-state index in [-0.39, 0.29) is 0 Å². The Bertz CT molecular complexity index is 357. The smallest absolute Gasteiger partial charge is 0.0657 e. The maximum atomic E-state index is 5.37. The lowest BCUT2D eigenvalue weighted by atomic mass is 9.81. The van der Waals surface area contributed by atoms with Gasteiger partial charge in [-0.05, 0) is 36.8 Å². The third-order valence-corrected chi connectivity index (χ3v) is 4.73. The molecule has 1 aromatic carbocycles. The number of hydrogen-bond acceptors (Lipinski definition) is 2. The van der Waals surface area contributed by atoms with Gasteiger partial charge in [0, 0.05) is 7.11 Å². The second-order valence-electron chi connectivity index (χ2n) is 6.12. The second kappa shape index (κ2) is 8.43. The molecule has 0 amide bonds. The van der Waals surface area contributed by atoms with Gasteiger partial charge in [0.2, 0.25) is 0 Å². The molecule has 1 atom stereocenters. The summed E-state index contributed by atoms with van der Waals surface area (Å²) in [7, 11) is 1.78. The van der Waals surface area contributed by atoms with Crippen molar-refractivity contribution in [3.05, 3.63) is 35.9 Å². The van der Waals surface area contributed by atoms with Crippen LogP contribution in [0.3, 0.4) is 0 Å². The molecular formula is C18H29NO. The zero-order valence-corrected chi connectivity index (χ0v) is 13.0. The Hall–Kier alpha value is -0.860. The third-order valence-electron chi connectivity index (χ3n) is 4.73. The quantitative estimate of drug-likeness (QED) is 0.806. The van der Waals surface area contributed by atoms with E-state index in [4.69, 9.17) is 4.74 Å². The lowest BCUT2D eigenvalue weighted by molar-refractivity contribution is 0.160. The minimum atomic E-state index is 0.324. The highest BCUT2D eigenvalue weighted by molar-refractivity contribution is 5.18. The maximum Gasteiger partial charge on any atom is 0.0657 e. The lowest BCUT2D eigenvalue weighted by Gasteiger charge is -2.29. The third kappa shape index (κ3) is 4.60. The van der Waals surface area contributed by atoms with Crippen LogP contribution in [-0.4, -0.2) is 20.3 Å². The van der Waals surface area contributed by atoms with Crippen molar-refractivity contribution >= 4 is 0 Å². The summed E-state index contributed by atoms with van der Waals surface area (Å²) in [6, 6.07) is 11.0. The van der Waals surface area contributed by atoms with E-state index in [9.17, 15) is 0 Å². The highest BCUT2D eigenvalue weighted by atomic mass is 16.5. The van der Waals surface area contributed by atoms with E-state index in [0.29, 0.717) is 6.04 Å². The van der Waals surface area contributed by atoms with Gasteiger partial charge in [-0.2, -0.15) is 0 Å². The molecule has 2 nitrogen and oxygen atoms in total. The van der Waals surface area contributed by atoms with Crippen LogP contribution in [0, 0.1) is 11.8 Å². The van der Waals surface area contributed by atoms with Gasteiger partial charge in [-0.1, -0.05) is 56.5 Å². The molecule has 2 heteroatoms. The topological polar surface area (TPSA) is 21.3 Å². The van der Waals surface area contributed by atoms with Crippen molar-refractivity contribution in [1.29, 1.82) is 0 Å². The summed E-state index contributed by atoms with van der Waals surface area (Å²) in [5.41, 5.74) is 1.33. The van der Waals surface area contributed by atoms with Crippen molar-refractivity contribution in [1.82, 2.24) is 5.32 Å². The van der Waals surface area contributed by atoms with Gasteiger partial charge in [0.15, 0.2) is 0 Å². The van der Waals surface area contributed by atoms with E-state index < -0.39 is 0 Å². The Morgan fingerprint density at radius 3 is 2.35 bits per heavy atom. The Labute approximate surface area is 123 Å². The predicted octanol–water partition coefficient (Wildman–Crippen LogP) is 4.18. The Kier molecular flexibility index (Phi) is 6.55. The van der Waals surface area contributed by atoms with Gasteiger partial charge in [-0.25, -0.2) is 0 Å². The number of hydrogen-bond donors (Lipinski definition) is 1. The van der Waals surface area contributed by atoms with E-state index in [0.717, 1.165) is 25.0 Å². The van der Waals surface area contributed by atoms with Crippen molar-refractivity contribution < 1.29 is 4.74 Å². The van der Waals surface area contributed by atoms with Gasteiger partial charge in [0.1, 0.15) is 0 Å². The molecule has 1 aliphatic carbocycles. The summed E-state index contributed by atoms with van der Waals surface area (Å²) in [4.78, 5) is 0. The van der Waals surface area contributed by atoms with Crippen LogP contribution >= 0.6 is 0 Å². The minimum Gasteiger partial charge on any atom is -0.383 e. The van der Waals surface area contributed by atoms with Crippen LogP contribution in [0.15, 0.2) is 30.3 Å². The summed E-state index contributed by atoms with van der Waals surface area (Å²) < 4.78 is 5.37. The number of nitrogens with one attached hydrogen (secondary N) is 1. The molecule has 1 N–H and O–H groups in total. The summed E-state index contributed by atoms with van der Waals surface area (Å²) in [6.45, 7) is 4.20. The number of methoxy groups -OCH3 is 1. The van der Waals surface area contributed by atoms with E-state index in [2.05, 4.69) is 42.6 Å². The largest absolute Gasteiger partial charge is 0.383 e. The summed E-state index contributed by atoms with van der Waals surface area (Å²) in [6.07, 6.45) is 6.97. The Morgan fingerprint density at radius 1 is 1.10 bits per heavy atom. The molecule has 0 bridgehead atoms. The van der Waals surface area contributed by atoms with Crippen LogP contribution in [0.2, 0.25) is 0 Å². The normalized spacial score (nSPS) is 24.5. The average molecular weight is 275 g/mol. The van der Waals surface area contributed by atoms with Crippen LogP contribution in [0.4, 0.5) is 0 Å². The first-order chi connectivity index (χ1) is 9.83. The molecule has 0 radical (unpaired) electrons. The first-order valence-corrected chi connectivity index (χ1v) is 8.10. The minimum absolute atomic E-state index is 0.324. The number of rotatable bonds is 7. The van der Waals surface area contributed by atoms with E-state index in [1.54, 1.807) is 7.11 Å².